The number of pyridine rings is 1. The van der Waals surface area contributed by atoms with Gasteiger partial charge in [0.25, 0.3) is 5.91 Å². The van der Waals surface area contributed by atoms with Crippen molar-refractivity contribution in [3.8, 4) is 11.5 Å². The maximum atomic E-state index is 12.9. The van der Waals surface area contributed by atoms with E-state index in [1.54, 1.807) is 0 Å². The SMILES string of the molecule is CCOc1cc2ncc(C(N)=O)c(Nc3cccc(CNC(=O)[C@@H](N)CC4CCCCC4)c3CC)c2cc1OCC.O=C(O)C(F)(F)F.O=C(O)C(F)(F)F. The number of benzene rings is 2. The summed E-state index contributed by atoms with van der Waals surface area (Å²) < 4.78 is 75.1. The summed E-state index contributed by atoms with van der Waals surface area (Å²) in [5.41, 5.74) is 16.3. The highest BCUT2D eigenvalue weighted by Crippen LogP contribution is 2.38. The first kappa shape index (κ1) is 45.8. The molecule has 19 heteroatoms. The third-order valence-corrected chi connectivity index (χ3v) is 8.27. The van der Waals surface area contributed by atoms with Gasteiger partial charge < -0.3 is 41.8 Å². The lowest BCUT2D eigenvalue weighted by Gasteiger charge is -2.24. The molecule has 1 aliphatic rings. The Morgan fingerprint density at radius 1 is 0.909 bits per heavy atom. The van der Waals surface area contributed by atoms with E-state index in [1.807, 2.05) is 44.2 Å². The molecule has 1 aromatic heterocycles. The molecule has 1 aliphatic carbocycles. The number of carboxylic acids is 2. The lowest BCUT2D eigenvalue weighted by Crippen LogP contribution is -2.41. The standard InChI is InChI=1S/C32H43N5O4.2C2HF3O2/c1-4-22-21(18-36-32(39)25(33)15-20-11-8-7-9-12-20)13-10-14-26(22)37-30-23-16-28(40-5-2)29(41-6-3)17-27(23)35-19-24(30)31(34)38;2*3-2(4,5)1(6)7/h10,13-14,16-17,19-20,25H,4-9,11-12,15,18,33H2,1-3H3,(H2,34,38)(H,35,37)(H,36,39);2*(H,6,7)/t25-;;/m0../s1. The van der Waals surface area contributed by atoms with Crippen LogP contribution in [0.5, 0.6) is 11.5 Å². The predicted molar refractivity (Wildman–Crippen MR) is 190 cm³/mol. The van der Waals surface area contributed by atoms with Gasteiger partial charge in [0.2, 0.25) is 5.91 Å². The van der Waals surface area contributed by atoms with Gasteiger partial charge in [-0.2, -0.15) is 26.3 Å². The van der Waals surface area contributed by atoms with E-state index in [0.717, 1.165) is 36.1 Å². The third-order valence-electron chi connectivity index (χ3n) is 8.27. The second-order valence-electron chi connectivity index (χ2n) is 12.2. The summed E-state index contributed by atoms with van der Waals surface area (Å²) >= 11 is 0. The van der Waals surface area contributed by atoms with Gasteiger partial charge in [-0.15, -0.1) is 0 Å². The summed E-state index contributed by atoms with van der Waals surface area (Å²) in [6.45, 7) is 7.16. The maximum Gasteiger partial charge on any atom is 0.490 e. The van der Waals surface area contributed by atoms with Crippen molar-refractivity contribution >= 4 is 46.0 Å². The van der Waals surface area contributed by atoms with Crippen LogP contribution < -0.4 is 31.6 Å². The van der Waals surface area contributed by atoms with Crippen LogP contribution in [0.15, 0.2) is 36.5 Å². The molecule has 0 unspecified atom stereocenters. The summed E-state index contributed by atoms with van der Waals surface area (Å²) in [5, 5.41) is 21.4. The fourth-order valence-corrected chi connectivity index (χ4v) is 5.73. The van der Waals surface area contributed by atoms with Crippen LogP contribution in [0.25, 0.3) is 10.9 Å². The van der Waals surface area contributed by atoms with Gasteiger partial charge in [0.15, 0.2) is 11.5 Å². The van der Waals surface area contributed by atoms with E-state index in [4.69, 9.17) is 40.7 Å². The quantitative estimate of drug-likeness (QED) is 0.101. The average Bonchev–Trinajstić information content (AvgIpc) is 3.11. The van der Waals surface area contributed by atoms with Gasteiger partial charge in [-0.25, -0.2) is 9.59 Å². The van der Waals surface area contributed by atoms with Crippen LogP contribution in [0.2, 0.25) is 0 Å². The van der Waals surface area contributed by atoms with E-state index in [-0.39, 0.29) is 11.5 Å². The molecule has 13 nitrogen and oxygen atoms in total. The Kier molecular flexibility index (Phi) is 17.4. The number of carbonyl (C=O) groups is 4. The number of halogens is 6. The Balaban J connectivity index is 0.000000633. The third kappa shape index (κ3) is 14.1. The fraction of sp³-hybridized carbons (Fsp3) is 0.472. The van der Waals surface area contributed by atoms with Crippen LogP contribution in [-0.4, -0.2) is 70.6 Å². The minimum atomic E-state index is -5.08. The molecule has 0 spiro atoms. The number of aliphatic carboxylic acids is 2. The number of nitrogens with two attached hydrogens (primary N) is 2. The minimum Gasteiger partial charge on any atom is -0.490 e. The van der Waals surface area contributed by atoms with Gasteiger partial charge in [0.1, 0.15) is 0 Å². The lowest BCUT2D eigenvalue weighted by molar-refractivity contribution is -0.193. The Bertz CT molecular complexity index is 1760. The summed E-state index contributed by atoms with van der Waals surface area (Å²) in [6.07, 6.45) is -1.21. The molecule has 55 heavy (non-hydrogen) atoms. The number of carbonyl (C=O) groups excluding carboxylic acids is 2. The highest BCUT2D eigenvalue weighted by molar-refractivity contribution is 6.08. The van der Waals surface area contributed by atoms with Crippen LogP contribution in [0.3, 0.4) is 0 Å². The Labute approximate surface area is 312 Å². The first-order chi connectivity index (χ1) is 25.7. The fourth-order valence-electron chi connectivity index (χ4n) is 5.73. The lowest BCUT2D eigenvalue weighted by atomic mass is 9.85. The van der Waals surface area contributed by atoms with E-state index < -0.39 is 36.2 Å². The molecule has 1 atom stereocenters. The van der Waals surface area contributed by atoms with Crippen molar-refractivity contribution in [2.75, 3.05) is 18.5 Å². The number of nitrogens with zero attached hydrogens (tertiary/aromatic N) is 1. The highest BCUT2D eigenvalue weighted by Gasteiger charge is 2.39. The van der Waals surface area contributed by atoms with Crippen LogP contribution in [-0.2, 0) is 27.3 Å². The van der Waals surface area contributed by atoms with Crippen molar-refractivity contribution in [3.63, 3.8) is 0 Å². The molecule has 304 valence electrons. The van der Waals surface area contributed by atoms with Gasteiger partial charge in [-0.3, -0.25) is 14.6 Å². The molecule has 1 fully saturated rings. The summed E-state index contributed by atoms with van der Waals surface area (Å²) in [4.78, 5) is 47.6. The molecule has 2 amide bonds. The van der Waals surface area contributed by atoms with Crippen molar-refractivity contribution in [3.05, 3.63) is 53.2 Å². The van der Waals surface area contributed by atoms with Gasteiger partial charge in [-0.05, 0) is 55.9 Å². The van der Waals surface area contributed by atoms with Crippen molar-refractivity contribution in [2.45, 2.75) is 90.7 Å². The molecule has 2 aromatic carbocycles. The zero-order chi connectivity index (χ0) is 41.5. The number of amides is 2. The van der Waals surface area contributed by atoms with Crippen LogP contribution in [0.1, 0.15) is 80.8 Å². The molecular formula is C36H45F6N5O8. The molecule has 4 rings (SSSR count). The summed E-state index contributed by atoms with van der Waals surface area (Å²) in [6, 6.07) is 9.01. The molecule has 8 N–H and O–H groups in total. The van der Waals surface area contributed by atoms with Gasteiger partial charge in [-0.1, -0.05) is 51.2 Å². The number of ether oxygens (including phenoxy) is 2. The number of hydrogen-bond acceptors (Lipinski definition) is 9. The topological polar surface area (TPSA) is 216 Å². The van der Waals surface area contributed by atoms with E-state index >= 15 is 0 Å². The zero-order valence-corrected chi connectivity index (χ0v) is 30.4. The molecule has 1 saturated carbocycles. The van der Waals surface area contributed by atoms with E-state index in [0.29, 0.717) is 60.2 Å². The second kappa shape index (κ2) is 20.9. The predicted octanol–water partition coefficient (Wildman–Crippen LogP) is 6.62. The molecule has 0 saturated heterocycles. The molecule has 0 bridgehead atoms. The smallest absolute Gasteiger partial charge is 0.490 e. The van der Waals surface area contributed by atoms with Crippen LogP contribution in [0, 0.1) is 5.92 Å². The summed E-state index contributed by atoms with van der Waals surface area (Å²) in [5.74, 6) is -4.56. The van der Waals surface area contributed by atoms with Crippen molar-refractivity contribution in [1.82, 2.24) is 10.3 Å². The van der Waals surface area contributed by atoms with Crippen LogP contribution >= 0.6 is 0 Å². The normalized spacial score (nSPS) is 13.6. The van der Waals surface area contributed by atoms with Crippen molar-refractivity contribution in [2.24, 2.45) is 17.4 Å². The van der Waals surface area contributed by atoms with Gasteiger partial charge >= 0.3 is 24.3 Å². The highest BCUT2D eigenvalue weighted by atomic mass is 19.4. The number of hydrogen-bond donors (Lipinski definition) is 6. The number of nitrogens with one attached hydrogen (secondary N) is 2. The number of rotatable bonds is 13. The van der Waals surface area contributed by atoms with Crippen molar-refractivity contribution < 1.29 is 65.2 Å². The zero-order valence-electron chi connectivity index (χ0n) is 30.4. The number of primary amides is 1. The molecule has 1 heterocycles. The van der Waals surface area contributed by atoms with Crippen molar-refractivity contribution in [1.29, 1.82) is 0 Å². The summed E-state index contributed by atoms with van der Waals surface area (Å²) in [7, 11) is 0. The number of aromatic nitrogens is 1. The van der Waals surface area contributed by atoms with Gasteiger partial charge in [0.05, 0.1) is 36.0 Å². The largest absolute Gasteiger partial charge is 0.490 e. The molecule has 3 aromatic rings. The Morgan fingerprint density at radius 3 is 1.95 bits per heavy atom. The van der Waals surface area contributed by atoms with E-state index in [9.17, 15) is 35.9 Å². The number of carboxylic acid groups (broad SMARTS) is 2. The Morgan fingerprint density at radius 2 is 1.45 bits per heavy atom. The Hall–Kier alpha value is -5.33. The van der Waals surface area contributed by atoms with Gasteiger partial charge in [0, 0.05) is 29.9 Å². The number of fused-ring (bicyclic) bond motifs is 1. The molecule has 0 aliphatic heterocycles. The first-order valence-electron chi connectivity index (χ1n) is 17.3. The monoisotopic (exact) mass is 789 g/mol. The number of alkyl halides is 6. The van der Waals surface area contributed by atoms with Crippen LogP contribution in [0.4, 0.5) is 37.7 Å². The second-order valence-corrected chi connectivity index (χ2v) is 12.2. The molecule has 0 radical (unpaired) electrons. The van der Waals surface area contributed by atoms with E-state index in [1.165, 1.54) is 25.5 Å². The molecular weight excluding hydrogens is 744 g/mol. The maximum absolute atomic E-state index is 12.9. The number of anilines is 2. The first-order valence-corrected chi connectivity index (χ1v) is 17.3. The average molecular weight is 790 g/mol. The minimum absolute atomic E-state index is 0.124. The van der Waals surface area contributed by atoms with E-state index in [2.05, 4.69) is 22.5 Å².